The maximum absolute atomic E-state index is 12.4. The zero-order chi connectivity index (χ0) is 18.7. The Hall–Kier alpha value is -1.67. The number of hydroxylamine groups is 1. The Labute approximate surface area is 147 Å². The third-order valence-corrected chi connectivity index (χ3v) is 7.35. The Balaban J connectivity index is 2.17. The minimum atomic E-state index is -3.77. The van der Waals surface area contributed by atoms with Gasteiger partial charge in [0.1, 0.15) is 0 Å². The maximum Gasteiger partial charge on any atom is 0.264 e. The van der Waals surface area contributed by atoms with E-state index in [0.29, 0.717) is 5.92 Å². The lowest BCUT2D eigenvalue weighted by Crippen LogP contribution is -2.49. The van der Waals surface area contributed by atoms with Crippen LogP contribution in [0.1, 0.15) is 56.9 Å². The Morgan fingerprint density at radius 3 is 2.52 bits per heavy atom. The van der Waals surface area contributed by atoms with E-state index in [1.807, 2.05) is 6.07 Å². The fourth-order valence-corrected chi connectivity index (χ4v) is 4.16. The number of aromatic nitrogens is 1. The SMILES string of the molecule is CC(CCn1ccc(C2CCCCC2)cc1=O)(C(=O)NO)S(C)(=O)=O. The molecule has 25 heavy (non-hydrogen) atoms. The monoisotopic (exact) mass is 370 g/mol. The second-order valence-corrected chi connectivity index (χ2v) is 9.47. The molecule has 0 bridgehead atoms. The first-order valence-corrected chi connectivity index (χ1v) is 10.4. The molecular weight excluding hydrogens is 344 g/mol. The van der Waals surface area contributed by atoms with Crippen LogP contribution in [0.5, 0.6) is 0 Å². The van der Waals surface area contributed by atoms with Gasteiger partial charge in [0, 0.05) is 25.1 Å². The molecule has 1 aliphatic carbocycles. The quantitative estimate of drug-likeness (QED) is 0.584. The normalized spacial score (nSPS) is 18.5. The van der Waals surface area contributed by atoms with Crippen molar-refractivity contribution in [3.05, 3.63) is 34.2 Å². The number of nitrogens with one attached hydrogen (secondary N) is 1. The molecule has 7 nitrogen and oxygen atoms in total. The first-order chi connectivity index (χ1) is 11.7. The molecule has 1 aliphatic rings. The first kappa shape index (κ1) is 19.7. The van der Waals surface area contributed by atoms with Crippen LogP contribution in [0.25, 0.3) is 0 Å². The largest absolute Gasteiger partial charge is 0.315 e. The molecule has 1 aromatic heterocycles. The molecule has 8 heteroatoms. The van der Waals surface area contributed by atoms with Crippen molar-refractivity contribution in [1.82, 2.24) is 10.0 Å². The molecule has 1 saturated carbocycles. The molecule has 1 unspecified atom stereocenters. The van der Waals surface area contributed by atoms with E-state index in [9.17, 15) is 18.0 Å². The molecule has 0 radical (unpaired) electrons. The molecular formula is C17H26N2O5S. The van der Waals surface area contributed by atoms with E-state index in [1.54, 1.807) is 12.3 Å². The third-order valence-electron chi connectivity index (χ3n) is 5.33. The van der Waals surface area contributed by atoms with Gasteiger partial charge in [0.25, 0.3) is 11.5 Å². The number of carbonyl (C=O) groups is 1. The van der Waals surface area contributed by atoms with E-state index >= 15 is 0 Å². The van der Waals surface area contributed by atoms with Crippen LogP contribution in [0.4, 0.5) is 0 Å². The Morgan fingerprint density at radius 2 is 2.00 bits per heavy atom. The summed E-state index contributed by atoms with van der Waals surface area (Å²) >= 11 is 0. The van der Waals surface area contributed by atoms with Gasteiger partial charge in [0.15, 0.2) is 14.6 Å². The molecule has 0 aromatic carbocycles. The lowest BCUT2D eigenvalue weighted by molar-refractivity contribution is -0.131. The highest BCUT2D eigenvalue weighted by Crippen LogP contribution is 2.31. The molecule has 0 aliphatic heterocycles. The van der Waals surface area contributed by atoms with E-state index in [1.165, 1.54) is 36.2 Å². The standard InChI is InChI=1S/C17H26N2O5S/c1-17(16(21)18-22,25(2,23)24)9-11-19-10-8-14(12-15(19)20)13-6-4-3-5-7-13/h8,10,12-13,22H,3-7,9,11H2,1-2H3,(H,18,21). The number of amides is 1. The molecule has 2 rings (SSSR count). The molecule has 0 saturated heterocycles. The fraction of sp³-hybridized carbons (Fsp3) is 0.647. The Bertz CT molecular complexity index is 780. The zero-order valence-electron chi connectivity index (χ0n) is 14.7. The van der Waals surface area contributed by atoms with Crippen LogP contribution in [0.15, 0.2) is 23.1 Å². The summed E-state index contributed by atoms with van der Waals surface area (Å²) in [4.78, 5) is 24.2. The average molecular weight is 370 g/mol. The third kappa shape index (κ3) is 4.30. The van der Waals surface area contributed by atoms with Gasteiger partial charge in [-0.2, -0.15) is 0 Å². The van der Waals surface area contributed by atoms with Crippen molar-refractivity contribution in [2.75, 3.05) is 6.26 Å². The van der Waals surface area contributed by atoms with E-state index < -0.39 is 20.5 Å². The number of hydrogen-bond donors (Lipinski definition) is 2. The van der Waals surface area contributed by atoms with Gasteiger partial charge in [-0.3, -0.25) is 14.8 Å². The number of hydrogen-bond acceptors (Lipinski definition) is 5. The molecule has 1 atom stereocenters. The van der Waals surface area contributed by atoms with Crippen LogP contribution < -0.4 is 11.0 Å². The minimum absolute atomic E-state index is 0.0702. The number of sulfone groups is 1. The molecule has 2 N–H and O–H groups in total. The van der Waals surface area contributed by atoms with Crippen LogP contribution in [0.3, 0.4) is 0 Å². The first-order valence-electron chi connectivity index (χ1n) is 8.53. The maximum atomic E-state index is 12.4. The summed E-state index contributed by atoms with van der Waals surface area (Å²) in [5.74, 6) is -0.584. The van der Waals surface area contributed by atoms with E-state index in [4.69, 9.17) is 5.21 Å². The van der Waals surface area contributed by atoms with Crippen molar-refractivity contribution in [2.24, 2.45) is 0 Å². The van der Waals surface area contributed by atoms with Crippen molar-refractivity contribution >= 4 is 15.7 Å². The van der Waals surface area contributed by atoms with Gasteiger partial charge in [-0.05, 0) is 43.7 Å². The Morgan fingerprint density at radius 1 is 1.36 bits per heavy atom. The summed E-state index contributed by atoms with van der Waals surface area (Å²) in [6.07, 6.45) is 8.26. The van der Waals surface area contributed by atoms with Crippen molar-refractivity contribution in [1.29, 1.82) is 0 Å². The van der Waals surface area contributed by atoms with E-state index in [0.717, 1.165) is 24.7 Å². The van der Waals surface area contributed by atoms with Gasteiger partial charge in [-0.25, -0.2) is 13.9 Å². The lowest BCUT2D eigenvalue weighted by Gasteiger charge is -2.25. The number of carbonyl (C=O) groups excluding carboxylic acids is 1. The highest BCUT2D eigenvalue weighted by molar-refractivity contribution is 7.92. The second-order valence-electron chi connectivity index (χ2n) is 7.02. The summed E-state index contributed by atoms with van der Waals surface area (Å²) in [5.41, 5.74) is 2.23. The smallest absolute Gasteiger partial charge is 0.264 e. The zero-order valence-corrected chi connectivity index (χ0v) is 15.5. The molecule has 140 valence electrons. The van der Waals surface area contributed by atoms with E-state index in [-0.39, 0.29) is 18.5 Å². The van der Waals surface area contributed by atoms with Crippen LogP contribution in [0.2, 0.25) is 0 Å². The summed E-state index contributed by atoms with van der Waals surface area (Å²) < 4.78 is 23.5. The van der Waals surface area contributed by atoms with Gasteiger partial charge >= 0.3 is 0 Å². The number of nitrogens with zero attached hydrogens (tertiary/aromatic N) is 1. The topological polar surface area (TPSA) is 105 Å². The van der Waals surface area contributed by atoms with E-state index in [2.05, 4.69) is 0 Å². The van der Waals surface area contributed by atoms with Crippen molar-refractivity contribution in [3.63, 3.8) is 0 Å². The molecule has 1 aromatic rings. The van der Waals surface area contributed by atoms with Gasteiger partial charge < -0.3 is 4.57 Å². The predicted octanol–water partition coefficient (Wildman–Crippen LogP) is 1.59. The summed E-state index contributed by atoms with van der Waals surface area (Å²) in [6, 6.07) is 3.52. The number of aryl methyl sites for hydroxylation is 1. The number of pyridine rings is 1. The van der Waals surface area contributed by atoms with Crippen LogP contribution in [-0.4, -0.2) is 35.1 Å². The van der Waals surface area contributed by atoms with Gasteiger partial charge in [0.05, 0.1) is 0 Å². The summed E-state index contributed by atoms with van der Waals surface area (Å²) in [6.45, 7) is 1.32. The van der Waals surface area contributed by atoms with Crippen molar-refractivity contribution in [3.8, 4) is 0 Å². The highest BCUT2D eigenvalue weighted by atomic mass is 32.2. The number of rotatable bonds is 6. The molecule has 0 spiro atoms. The van der Waals surface area contributed by atoms with Gasteiger partial charge in [-0.15, -0.1) is 0 Å². The van der Waals surface area contributed by atoms with Gasteiger partial charge in [0.2, 0.25) is 0 Å². The Kier molecular flexibility index (Phi) is 6.05. The molecule has 1 heterocycles. The van der Waals surface area contributed by atoms with Crippen LogP contribution >= 0.6 is 0 Å². The van der Waals surface area contributed by atoms with Gasteiger partial charge in [-0.1, -0.05) is 19.3 Å². The van der Waals surface area contributed by atoms with Crippen LogP contribution in [0, 0.1) is 0 Å². The van der Waals surface area contributed by atoms with Crippen molar-refractivity contribution < 1.29 is 18.4 Å². The fourth-order valence-electron chi connectivity index (χ4n) is 3.32. The minimum Gasteiger partial charge on any atom is -0.315 e. The predicted molar refractivity (Wildman–Crippen MR) is 94.3 cm³/mol. The molecule has 1 fully saturated rings. The molecule has 1 amide bonds. The second kappa shape index (κ2) is 7.70. The highest BCUT2D eigenvalue weighted by Gasteiger charge is 2.43. The lowest BCUT2D eigenvalue weighted by atomic mass is 9.84. The summed E-state index contributed by atoms with van der Waals surface area (Å²) in [5, 5.41) is 8.83. The van der Waals surface area contributed by atoms with Crippen LogP contribution in [-0.2, 0) is 21.2 Å². The summed E-state index contributed by atoms with van der Waals surface area (Å²) in [7, 11) is -3.77. The average Bonchev–Trinajstić information content (AvgIpc) is 2.59. The van der Waals surface area contributed by atoms with Crippen molar-refractivity contribution in [2.45, 2.75) is 62.7 Å².